The summed E-state index contributed by atoms with van der Waals surface area (Å²) in [5.74, 6) is 1.11. The first kappa shape index (κ1) is 20.5. The fourth-order valence-electron chi connectivity index (χ4n) is 3.72. The molecule has 1 heterocycles. The first-order valence-electron chi connectivity index (χ1n) is 10.8. The van der Waals surface area contributed by atoms with Crippen molar-refractivity contribution in [2.24, 2.45) is 0 Å². The Labute approximate surface area is 192 Å². The summed E-state index contributed by atoms with van der Waals surface area (Å²) in [6.45, 7) is 0.512. The van der Waals surface area contributed by atoms with Crippen LogP contribution in [0.1, 0.15) is 15.9 Å². The molecular formula is C29H22N2O2. The van der Waals surface area contributed by atoms with E-state index in [1.54, 1.807) is 0 Å². The highest BCUT2D eigenvalue weighted by Gasteiger charge is 2.13. The molecule has 0 saturated carbocycles. The van der Waals surface area contributed by atoms with Gasteiger partial charge in [-0.3, -0.25) is 4.79 Å². The van der Waals surface area contributed by atoms with Gasteiger partial charge < -0.3 is 10.1 Å². The second kappa shape index (κ2) is 9.37. The molecule has 33 heavy (non-hydrogen) atoms. The number of aromatic nitrogens is 1. The number of nitrogens with zero attached hydrogens (tertiary/aromatic N) is 1. The zero-order chi connectivity index (χ0) is 22.5. The number of rotatable bonds is 6. The molecule has 0 aliphatic rings. The standard InChI is InChI=1S/C29H22N2O2/c32-29(31-28-19-16-23-10-4-7-13-27(23)30-28)26-12-6-5-11-25(26)22-14-17-24(18-15-22)33-20-21-8-2-1-3-9-21/h1-19H,20H2,(H,30,31,32). The number of amides is 1. The van der Waals surface area contributed by atoms with Crippen LogP contribution in [0, 0.1) is 0 Å². The molecule has 1 aromatic heterocycles. The number of pyridine rings is 1. The highest BCUT2D eigenvalue weighted by molar-refractivity contribution is 6.08. The maximum absolute atomic E-state index is 13.1. The molecule has 0 radical (unpaired) electrons. The third kappa shape index (κ3) is 4.75. The summed E-state index contributed by atoms with van der Waals surface area (Å²) in [6, 6.07) is 37.0. The zero-order valence-electron chi connectivity index (χ0n) is 17.9. The predicted molar refractivity (Wildman–Crippen MR) is 132 cm³/mol. The summed E-state index contributed by atoms with van der Waals surface area (Å²) >= 11 is 0. The van der Waals surface area contributed by atoms with Gasteiger partial charge in [0.2, 0.25) is 0 Å². The van der Waals surface area contributed by atoms with Crippen molar-refractivity contribution in [2.75, 3.05) is 5.32 Å². The summed E-state index contributed by atoms with van der Waals surface area (Å²) in [7, 11) is 0. The number of carbonyl (C=O) groups excluding carboxylic acids is 1. The van der Waals surface area contributed by atoms with Gasteiger partial charge in [-0.1, -0.05) is 78.9 Å². The highest BCUT2D eigenvalue weighted by Crippen LogP contribution is 2.27. The topological polar surface area (TPSA) is 51.2 Å². The molecule has 0 bridgehead atoms. The van der Waals surface area contributed by atoms with Crippen molar-refractivity contribution in [3.8, 4) is 16.9 Å². The van der Waals surface area contributed by atoms with E-state index in [2.05, 4.69) is 10.3 Å². The van der Waals surface area contributed by atoms with E-state index in [-0.39, 0.29) is 5.91 Å². The minimum Gasteiger partial charge on any atom is -0.489 e. The molecule has 0 fully saturated rings. The lowest BCUT2D eigenvalue weighted by Gasteiger charge is -2.12. The fourth-order valence-corrected chi connectivity index (χ4v) is 3.72. The van der Waals surface area contributed by atoms with E-state index in [4.69, 9.17) is 4.74 Å². The molecule has 0 atom stereocenters. The van der Waals surface area contributed by atoms with E-state index in [9.17, 15) is 4.79 Å². The number of ether oxygens (including phenoxy) is 1. The minimum absolute atomic E-state index is 0.196. The lowest BCUT2D eigenvalue weighted by Crippen LogP contribution is -2.14. The third-order valence-electron chi connectivity index (χ3n) is 5.43. The molecule has 4 nitrogen and oxygen atoms in total. The Bertz CT molecular complexity index is 1400. The van der Waals surface area contributed by atoms with Crippen molar-refractivity contribution < 1.29 is 9.53 Å². The van der Waals surface area contributed by atoms with E-state index in [0.717, 1.165) is 33.3 Å². The van der Waals surface area contributed by atoms with Gasteiger partial charge in [-0.2, -0.15) is 0 Å². The van der Waals surface area contributed by atoms with E-state index in [0.29, 0.717) is 18.0 Å². The summed E-state index contributed by atoms with van der Waals surface area (Å²) in [5, 5.41) is 3.97. The Kier molecular flexibility index (Phi) is 5.81. The molecule has 4 heteroatoms. The second-order valence-electron chi connectivity index (χ2n) is 7.69. The Morgan fingerprint density at radius 2 is 1.45 bits per heavy atom. The van der Waals surface area contributed by atoms with Crippen molar-refractivity contribution in [2.45, 2.75) is 6.61 Å². The molecule has 5 aromatic rings. The van der Waals surface area contributed by atoms with Crippen LogP contribution >= 0.6 is 0 Å². The van der Waals surface area contributed by atoms with E-state index in [1.807, 2.05) is 115 Å². The number of hydrogen-bond acceptors (Lipinski definition) is 3. The quantitative estimate of drug-likeness (QED) is 0.325. The van der Waals surface area contributed by atoms with E-state index < -0.39 is 0 Å². The van der Waals surface area contributed by atoms with Gasteiger partial charge in [0.05, 0.1) is 5.52 Å². The largest absolute Gasteiger partial charge is 0.489 e. The van der Waals surface area contributed by atoms with Crippen LogP contribution in [-0.4, -0.2) is 10.9 Å². The average molecular weight is 431 g/mol. The minimum atomic E-state index is -0.196. The van der Waals surface area contributed by atoms with Crippen molar-refractivity contribution in [3.63, 3.8) is 0 Å². The van der Waals surface area contributed by atoms with Gasteiger partial charge in [-0.05, 0) is 53.1 Å². The van der Waals surface area contributed by atoms with Gasteiger partial charge in [0, 0.05) is 10.9 Å². The molecular weight excluding hydrogens is 408 g/mol. The van der Waals surface area contributed by atoms with Crippen molar-refractivity contribution in [3.05, 3.63) is 126 Å². The van der Waals surface area contributed by atoms with Crippen LogP contribution < -0.4 is 10.1 Å². The maximum Gasteiger partial charge on any atom is 0.257 e. The zero-order valence-corrected chi connectivity index (χ0v) is 17.9. The van der Waals surface area contributed by atoms with Gasteiger partial charge in [-0.15, -0.1) is 0 Å². The molecule has 0 unspecified atom stereocenters. The summed E-state index contributed by atoms with van der Waals surface area (Å²) in [5.41, 5.74) is 4.34. The molecule has 0 aliphatic heterocycles. The van der Waals surface area contributed by atoms with E-state index >= 15 is 0 Å². The fraction of sp³-hybridized carbons (Fsp3) is 0.0345. The molecule has 5 rings (SSSR count). The number of benzene rings is 4. The van der Waals surface area contributed by atoms with E-state index in [1.165, 1.54) is 0 Å². The van der Waals surface area contributed by atoms with Gasteiger partial charge in [-0.25, -0.2) is 4.98 Å². The first-order chi connectivity index (χ1) is 16.3. The van der Waals surface area contributed by atoms with Crippen LogP contribution in [0.3, 0.4) is 0 Å². The van der Waals surface area contributed by atoms with Crippen molar-refractivity contribution in [1.29, 1.82) is 0 Å². The summed E-state index contributed by atoms with van der Waals surface area (Å²) < 4.78 is 5.89. The predicted octanol–water partition coefficient (Wildman–Crippen LogP) is 6.73. The number of para-hydroxylation sites is 1. The highest BCUT2D eigenvalue weighted by atomic mass is 16.5. The number of hydrogen-bond donors (Lipinski definition) is 1. The Hall–Kier alpha value is -4.44. The molecule has 1 N–H and O–H groups in total. The maximum atomic E-state index is 13.1. The summed E-state index contributed by atoms with van der Waals surface area (Å²) in [6.07, 6.45) is 0. The summed E-state index contributed by atoms with van der Waals surface area (Å²) in [4.78, 5) is 17.6. The Morgan fingerprint density at radius 1 is 0.727 bits per heavy atom. The monoisotopic (exact) mass is 430 g/mol. The molecule has 0 spiro atoms. The van der Waals surface area contributed by atoms with Crippen molar-refractivity contribution in [1.82, 2.24) is 4.98 Å². The van der Waals surface area contributed by atoms with Gasteiger partial charge >= 0.3 is 0 Å². The molecule has 1 amide bonds. The Morgan fingerprint density at radius 3 is 2.30 bits per heavy atom. The SMILES string of the molecule is O=C(Nc1ccc2ccccc2n1)c1ccccc1-c1ccc(OCc2ccccc2)cc1. The number of fused-ring (bicyclic) bond motifs is 1. The second-order valence-corrected chi connectivity index (χ2v) is 7.69. The smallest absolute Gasteiger partial charge is 0.257 e. The van der Waals surface area contributed by atoms with Gasteiger partial charge in [0.25, 0.3) is 5.91 Å². The first-order valence-corrected chi connectivity index (χ1v) is 10.8. The molecule has 160 valence electrons. The normalized spacial score (nSPS) is 10.7. The molecule has 0 aliphatic carbocycles. The average Bonchev–Trinajstić information content (AvgIpc) is 2.88. The molecule has 0 saturated heterocycles. The number of nitrogens with one attached hydrogen (secondary N) is 1. The van der Waals surface area contributed by atoms with Crippen LogP contribution in [0.15, 0.2) is 115 Å². The van der Waals surface area contributed by atoms with Gasteiger partial charge in [0.15, 0.2) is 0 Å². The van der Waals surface area contributed by atoms with Crippen LogP contribution in [0.2, 0.25) is 0 Å². The van der Waals surface area contributed by atoms with Crippen LogP contribution in [-0.2, 0) is 6.61 Å². The lowest BCUT2D eigenvalue weighted by atomic mass is 9.99. The third-order valence-corrected chi connectivity index (χ3v) is 5.43. The van der Waals surface area contributed by atoms with Crippen LogP contribution in [0.4, 0.5) is 5.82 Å². The molecule has 4 aromatic carbocycles. The van der Waals surface area contributed by atoms with Crippen LogP contribution in [0.25, 0.3) is 22.0 Å². The van der Waals surface area contributed by atoms with Crippen molar-refractivity contribution >= 4 is 22.6 Å². The lowest BCUT2D eigenvalue weighted by molar-refractivity contribution is 0.102. The van der Waals surface area contributed by atoms with Crippen LogP contribution in [0.5, 0.6) is 5.75 Å². The Balaban J connectivity index is 1.34. The number of carbonyl (C=O) groups is 1. The van der Waals surface area contributed by atoms with Gasteiger partial charge in [0.1, 0.15) is 18.2 Å². The number of anilines is 1.